The van der Waals surface area contributed by atoms with Gasteiger partial charge in [-0.15, -0.1) is 0 Å². The molecule has 0 amide bonds. The Balaban J connectivity index is 1.83. The Morgan fingerprint density at radius 2 is 1.92 bits per heavy atom. The molecule has 0 radical (unpaired) electrons. The van der Waals surface area contributed by atoms with Crippen LogP contribution in [0.4, 0.5) is 30.5 Å². The third kappa shape index (κ3) is 4.83. The number of aliphatic imine (C=N–C) groups is 1. The van der Waals surface area contributed by atoms with Gasteiger partial charge in [0.15, 0.2) is 17.7 Å². The zero-order valence-corrected chi connectivity index (χ0v) is 19.2. The molecule has 0 bridgehead atoms. The Morgan fingerprint density at radius 3 is 2.59 bits per heavy atom. The van der Waals surface area contributed by atoms with Crippen LogP contribution in [-0.2, 0) is 12.8 Å². The molecule has 1 atom stereocenters. The summed E-state index contributed by atoms with van der Waals surface area (Å²) in [7, 11) is 1.41. The molecular weight excluding hydrogens is 489 g/mol. The molecule has 1 aliphatic rings. The van der Waals surface area contributed by atoms with Gasteiger partial charge < -0.3 is 26.3 Å². The summed E-state index contributed by atoms with van der Waals surface area (Å²) in [6.07, 6.45) is -2.75. The number of nitrogens with two attached hydrogens (primary N) is 2. The van der Waals surface area contributed by atoms with Gasteiger partial charge in [-0.2, -0.15) is 23.7 Å². The van der Waals surface area contributed by atoms with E-state index in [0.717, 1.165) is 12.1 Å². The number of halogens is 3. The van der Waals surface area contributed by atoms with Crippen molar-refractivity contribution < 1.29 is 22.6 Å². The van der Waals surface area contributed by atoms with Crippen LogP contribution in [0.3, 0.4) is 0 Å². The van der Waals surface area contributed by atoms with E-state index in [9.17, 15) is 18.4 Å². The van der Waals surface area contributed by atoms with Crippen LogP contribution in [0.15, 0.2) is 47.5 Å². The fourth-order valence-corrected chi connectivity index (χ4v) is 3.86. The van der Waals surface area contributed by atoms with Crippen LogP contribution in [0.2, 0.25) is 0 Å². The second-order valence-corrected chi connectivity index (χ2v) is 7.77. The number of anilines is 3. The number of nitrogens with zero attached hydrogens (tertiary/aromatic N) is 4. The number of hydrogen-bond acceptors (Lipinski definition) is 10. The van der Waals surface area contributed by atoms with Crippen LogP contribution in [0.1, 0.15) is 33.9 Å². The van der Waals surface area contributed by atoms with Gasteiger partial charge in [-0.1, -0.05) is 24.3 Å². The van der Waals surface area contributed by atoms with Crippen molar-refractivity contribution >= 4 is 23.3 Å². The van der Waals surface area contributed by atoms with Gasteiger partial charge in [-0.25, -0.2) is 9.98 Å². The van der Waals surface area contributed by atoms with E-state index in [4.69, 9.17) is 26.2 Å². The molecule has 4 rings (SSSR count). The number of rotatable bonds is 5. The van der Waals surface area contributed by atoms with E-state index in [2.05, 4.69) is 20.6 Å². The van der Waals surface area contributed by atoms with Gasteiger partial charge in [0.2, 0.25) is 5.96 Å². The topological polar surface area (TPSA) is 167 Å². The van der Waals surface area contributed by atoms with Crippen molar-refractivity contribution in [2.24, 2.45) is 4.99 Å². The Hall–Kier alpha value is -5.17. The number of methoxy groups -OCH3 is 1. The number of benzene rings is 2. The number of nitriles is 2. The predicted molar refractivity (Wildman–Crippen MR) is 128 cm³/mol. The summed E-state index contributed by atoms with van der Waals surface area (Å²) >= 11 is 0. The maximum absolute atomic E-state index is 13.2. The van der Waals surface area contributed by atoms with Crippen molar-refractivity contribution in [2.45, 2.75) is 18.8 Å². The summed E-state index contributed by atoms with van der Waals surface area (Å²) in [5.41, 5.74) is 12.3. The van der Waals surface area contributed by atoms with E-state index in [1.165, 1.54) is 19.2 Å². The molecule has 0 saturated carbocycles. The first kappa shape index (κ1) is 24.9. The quantitative estimate of drug-likeness (QED) is 0.297. The average Bonchev–Trinajstić information content (AvgIpc) is 2.86. The minimum atomic E-state index is -4.51. The normalized spacial score (nSPS) is 14.3. The van der Waals surface area contributed by atoms with Crippen molar-refractivity contribution in [3.05, 3.63) is 70.3 Å². The van der Waals surface area contributed by atoms with Crippen molar-refractivity contribution in [2.75, 3.05) is 23.9 Å². The van der Waals surface area contributed by atoms with E-state index < -0.39 is 17.8 Å². The monoisotopic (exact) mass is 508 g/mol. The van der Waals surface area contributed by atoms with Gasteiger partial charge in [0.1, 0.15) is 35.9 Å². The molecule has 6 N–H and O–H groups in total. The van der Waals surface area contributed by atoms with Crippen LogP contribution in [0, 0.1) is 22.8 Å². The van der Waals surface area contributed by atoms with E-state index >= 15 is 0 Å². The Labute approximate surface area is 208 Å². The number of guanidine groups is 1. The molecule has 2 aromatic carbocycles. The minimum Gasteiger partial charge on any atom is -0.493 e. The van der Waals surface area contributed by atoms with Gasteiger partial charge in [0.25, 0.3) is 0 Å². The molecule has 188 valence electrons. The average molecular weight is 508 g/mol. The maximum atomic E-state index is 13.2. The lowest BCUT2D eigenvalue weighted by molar-refractivity contribution is -0.137. The largest absolute Gasteiger partial charge is 0.493 e. The molecule has 13 heteroatoms. The lowest BCUT2D eigenvalue weighted by Crippen LogP contribution is -2.33. The van der Waals surface area contributed by atoms with E-state index in [1.54, 1.807) is 24.4 Å². The first-order valence-corrected chi connectivity index (χ1v) is 10.6. The number of aromatic nitrogens is 1. The summed E-state index contributed by atoms with van der Waals surface area (Å²) in [4.78, 5) is 8.71. The molecule has 1 unspecified atom stereocenters. The Bertz CT molecular complexity index is 1470. The van der Waals surface area contributed by atoms with Crippen LogP contribution in [-0.4, -0.2) is 18.1 Å². The number of fused-ring (bicyclic) bond motifs is 1. The summed E-state index contributed by atoms with van der Waals surface area (Å²) in [6.45, 7) is -0.221. The summed E-state index contributed by atoms with van der Waals surface area (Å²) in [5.74, 6) is 0.531. The number of para-hydroxylation sites is 1. The van der Waals surface area contributed by atoms with E-state index in [-0.39, 0.29) is 52.5 Å². The second-order valence-electron chi connectivity index (χ2n) is 7.77. The fourth-order valence-electron chi connectivity index (χ4n) is 3.86. The maximum Gasteiger partial charge on any atom is 0.416 e. The van der Waals surface area contributed by atoms with Gasteiger partial charge in [0.05, 0.1) is 18.4 Å². The highest BCUT2D eigenvalue weighted by Gasteiger charge is 2.33. The summed E-state index contributed by atoms with van der Waals surface area (Å²) in [6, 6.07) is 10.6. The zero-order valence-electron chi connectivity index (χ0n) is 19.2. The number of nitrogens with one attached hydrogen (secondary N) is 2. The summed E-state index contributed by atoms with van der Waals surface area (Å²) < 4.78 is 50.9. The van der Waals surface area contributed by atoms with Crippen LogP contribution < -0.4 is 31.6 Å². The number of hydrogen-bond donors (Lipinski definition) is 4. The van der Waals surface area contributed by atoms with Crippen LogP contribution >= 0.6 is 0 Å². The molecular formula is C24H19F3N8O2. The molecule has 3 aromatic rings. The number of alkyl halides is 3. The number of pyridine rings is 1. The molecule has 0 aliphatic carbocycles. The molecule has 0 fully saturated rings. The molecule has 2 heterocycles. The lowest BCUT2D eigenvalue weighted by atomic mass is 9.94. The predicted octanol–water partition coefficient (Wildman–Crippen LogP) is 3.67. The van der Waals surface area contributed by atoms with Crippen molar-refractivity contribution in [3.63, 3.8) is 0 Å². The Kier molecular flexibility index (Phi) is 6.63. The molecule has 1 aliphatic heterocycles. The number of nitrogen functional groups attached to an aromatic ring is 2. The first-order chi connectivity index (χ1) is 17.7. The standard InChI is InChI=1S/C24H19F3N8O2/c1-36-16-7-3-6-14(20(16)37-10-12-4-2-5-13(8-12)24(25,26)27)19-17-18(30)15(9-28)21(31)34-22(17)35-23(33-19)32-11-29/h2-8,19H,10H2,1H3,(H6,30,31,32,33,34,35). The third-order valence-corrected chi connectivity index (χ3v) is 5.52. The fraction of sp³-hybridized carbons (Fsp3) is 0.167. The van der Waals surface area contributed by atoms with E-state index in [0.29, 0.717) is 11.1 Å². The zero-order chi connectivity index (χ0) is 26.7. The molecule has 1 aromatic heterocycles. The molecule has 37 heavy (non-hydrogen) atoms. The SMILES string of the molecule is COc1cccc(C2N=C(NC#N)Nc3nc(N)c(C#N)c(N)c32)c1OCc1cccc(C(F)(F)F)c1. The Morgan fingerprint density at radius 1 is 1.16 bits per heavy atom. The molecule has 0 spiro atoms. The lowest BCUT2D eigenvalue weighted by Gasteiger charge is -2.27. The van der Waals surface area contributed by atoms with Gasteiger partial charge in [0, 0.05) is 11.1 Å². The van der Waals surface area contributed by atoms with Crippen molar-refractivity contribution in [3.8, 4) is 23.8 Å². The van der Waals surface area contributed by atoms with Gasteiger partial charge in [-0.05, 0) is 23.8 Å². The van der Waals surface area contributed by atoms with Crippen molar-refractivity contribution in [1.82, 2.24) is 10.3 Å². The highest BCUT2D eigenvalue weighted by molar-refractivity contribution is 5.98. The van der Waals surface area contributed by atoms with Crippen LogP contribution in [0.5, 0.6) is 11.5 Å². The van der Waals surface area contributed by atoms with E-state index in [1.807, 2.05) is 6.07 Å². The van der Waals surface area contributed by atoms with Gasteiger partial charge >= 0.3 is 6.18 Å². The number of ether oxygens (including phenoxy) is 2. The highest BCUT2D eigenvalue weighted by Crippen LogP contribution is 2.46. The van der Waals surface area contributed by atoms with Crippen LogP contribution in [0.25, 0.3) is 0 Å². The second kappa shape index (κ2) is 9.83. The first-order valence-electron chi connectivity index (χ1n) is 10.6. The van der Waals surface area contributed by atoms with Crippen molar-refractivity contribution in [1.29, 1.82) is 10.5 Å². The van der Waals surface area contributed by atoms with Gasteiger partial charge in [-0.3, -0.25) is 5.32 Å². The highest BCUT2D eigenvalue weighted by atomic mass is 19.4. The molecule has 10 nitrogen and oxygen atoms in total. The minimum absolute atomic E-state index is 0.0221. The summed E-state index contributed by atoms with van der Waals surface area (Å²) in [5, 5.41) is 23.9. The third-order valence-electron chi connectivity index (χ3n) is 5.52. The molecule has 0 saturated heterocycles. The smallest absolute Gasteiger partial charge is 0.416 e.